The highest BCUT2D eigenvalue weighted by Gasteiger charge is 2.26. The van der Waals surface area contributed by atoms with Crippen LogP contribution >= 0.6 is 11.3 Å². The Hall–Kier alpha value is -4.31. The first-order valence-corrected chi connectivity index (χ1v) is 13.0. The van der Waals surface area contributed by atoms with Crippen molar-refractivity contribution in [3.05, 3.63) is 94.3 Å². The smallest absolute Gasteiger partial charge is 0.387 e. The molecular formula is C29H25F2N3O4S. The molecule has 0 saturated carbocycles. The van der Waals surface area contributed by atoms with Gasteiger partial charge in [-0.15, -0.1) is 11.3 Å². The molecule has 0 amide bonds. The average Bonchev–Trinajstić information content (AvgIpc) is 3.57. The molecule has 3 heterocycles. The number of hydrogen-bond acceptors (Lipinski definition) is 6. The number of ketones is 1. The first kappa shape index (κ1) is 26.3. The van der Waals surface area contributed by atoms with E-state index in [0.717, 1.165) is 27.3 Å². The molecule has 7 nitrogen and oxygen atoms in total. The molecule has 0 aliphatic heterocycles. The maximum absolute atomic E-state index is 13.3. The van der Waals surface area contributed by atoms with E-state index in [-0.39, 0.29) is 11.5 Å². The van der Waals surface area contributed by atoms with Crippen LogP contribution in [0.15, 0.2) is 66.7 Å². The Morgan fingerprint density at radius 2 is 1.64 bits per heavy atom. The second-order valence-corrected chi connectivity index (χ2v) is 10.1. The van der Waals surface area contributed by atoms with Gasteiger partial charge in [0.05, 0.1) is 11.4 Å². The number of rotatable bonds is 8. The summed E-state index contributed by atoms with van der Waals surface area (Å²) in [6.07, 6.45) is -1.02. The Balaban J connectivity index is 1.35. The standard InChI is InChI=1S/C29H25F2N3O4S/c1-16-14-24(18(3)33(16)20-10-12-22(13-11-20)38-29(30)31)26(35)19(4)37-28(36)25-15-23-17(2)32-34(27(23)39-25)21-8-6-5-7-9-21/h5-15,19,29H,1-4H3/t19-/m1/s1. The van der Waals surface area contributed by atoms with Gasteiger partial charge in [-0.05, 0) is 76.2 Å². The lowest BCUT2D eigenvalue weighted by molar-refractivity contribution is -0.0498. The number of aryl methyl sites for hydroxylation is 2. The van der Waals surface area contributed by atoms with E-state index in [1.165, 1.54) is 23.5 Å². The van der Waals surface area contributed by atoms with E-state index >= 15 is 0 Å². The largest absolute Gasteiger partial charge is 0.450 e. The molecule has 10 heteroatoms. The summed E-state index contributed by atoms with van der Waals surface area (Å²) >= 11 is 1.26. The first-order chi connectivity index (χ1) is 18.6. The van der Waals surface area contributed by atoms with Crippen LogP contribution in [0, 0.1) is 20.8 Å². The van der Waals surface area contributed by atoms with Crippen molar-refractivity contribution in [3.63, 3.8) is 0 Å². The highest BCUT2D eigenvalue weighted by molar-refractivity contribution is 7.20. The van der Waals surface area contributed by atoms with E-state index in [0.29, 0.717) is 21.8 Å². The second-order valence-electron chi connectivity index (χ2n) is 9.07. The average molecular weight is 550 g/mol. The number of thiophene rings is 1. The molecular weight excluding hydrogens is 524 g/mol. The minimum atomic E-state index is -2.91. The predicted molar refractivity (Wildman–Crippen MR) is 145 cm³/mol. The van der Waals surface area contributed by atoms with Crippen LogP contribution in [0.25, 0.3) is 21.6 Å². The SMILES string of the molecule is Cc1nn(-c2ccccc2)c2sc(C(=O)O[C@H](C)C(=O)c3cc(C)n(-c4ccc(OC(F)F)cc4)c3C)cc12. The van der Waals surface area contributed by atoms with Gasteiger partial charge in [0.2, 0.25) is 5.78 Å². The van der Waals surface area contributed by atoms with Crippen LogP contribution in [0.1, 0.15) is 44.0 Å². The Bertz CT molecular complexity index is 1670. The molecule has 0 spiro atoms. The topological polar surface area (TPSA) is 75.4 Å². The number of aromatic nitrogens is 3. The summed E-state index contributed by atoms with van der Waals surface area (Å²) in [6.45, 7) is 4.13. The summed E-state index contributed by atoms with van der Waals surface area (Å²) in [4.78, 5) is 27.6. The van der Waals surface area contributed by atoms with Crippen molar-refractivity contribution in [2.75, 3.05) is 0 Å². The van der Waals surface area contributed by atoms with Gasteiger partial charge in [-0.1, -0.05) is 18.2 Å². The number of carbonyl (C=O) groups is 2. The predicted octanol–water partition coefficient (Wildman–Crippen LogP) is 6.83. The van der Waals surface area contributed by atoms with Crippen LogP contribution in [0.3, 0.4) is 0 Å². The van der Waals surface area contributed by atoms with Gasteiger partial charge in [0.1, 0.15) is 15.5 Å². The van der Waals surface area contributed by atoms with Crippen molar-refractivity contribution in [3.8, 4) is 17.1 Å². The van der Waals surface area contributed by atoms with E-state index < -0.39 is 18.7 Å². The van der Waals surface area contributed by atoms with Crippen molar-refractivity contribution in [1.82, 2.24) is 14.3 Å². The molecule has 0 bridgehead atoms. The number of esters is 1. The number of nitrogens with zero attached hydrogens (tertiary/aromatic N) is 3. The molecule has 200 valence electrons. The molecule has 3 aromatic heterocycles. The summed E-state index contributed by atoms with van der Waals surface area (Å²) < 4.78 is 38.6. The maximum atomic E-state index is 13.3. The monoisotopic (exact) mass is 549 g/mol. The molecule has 0 unspecified atom stereocenters. The van der Waals surface area contributed by atoms with Crippen LogP contribution < -0.4 is 4.74 Å². The Morgan fingerprint density at radius 1 is 0.949 bits per heavy atom. The summed E-state index contributed by atoms with van der Waals surface area (Å²) in [6, 6.07) is 19.3. The summed E-state index contributed by atoms with van der Waals surface area (Å²) in [5, 5.41) is 5.44. The van der Waals surface area contributed by atoms with Crippen LogP contribution in [0.5, 0.6) is 5.75 Å². The number of alkyl halides is 2. The fourth-order valence-corrected chi connectivity index (χ4v) is 5.64. The Morgan fingerprint density at radius 3 is 2.31 bits per heavy atom. The lowest BCUT2D eigenvalue weighted by Crippen LogP contribution is -2.24. The number of ether oxygens (including phenoxy) is 2. The van der Waals surface area contributed by atoms with Crippen LogP contribution in [0.4, 0.5) is 8.78 Å². The first-order valence-electron chi connectivity index (χ1n) is 12.2. The number of para-hydroxylation sites is 1. The van der Waals surface area contributed by atoms with Crippen molar-refractivity contribution in [1.29, 1.82) is 0 Å². The summed E-state index contributed by atoms with van der Waals surface area (Å²) in [5.41, 5.74) is 4.17. The fraction of sp³-hybridized carbons (Fsp3) is 0.207. The molecule has 2 aromatic carbocycles. The molecule has 0 fully saturated rings. The molecule has 0 aliphatic rings. The molecule has 0 saturated heterocycles. The van der Waals surface area contributed by atoms with E-state index in [4.69, 9.17) is 4.74 Å². The number of fused-ring (bicyclic) bond motifs is 1. The molecule has 0 N–H and O–H groups in total. The zero-order valence-corrected chi connectivity index (χ0v) is 22.5. The van der Waals surface area contributed by atoms with Crippen LogP contribution in [-0.2, 0) is 4.74 Å². The van der Waals surface area contributed by atoms with Gasteiger partial charge in [0.25, 0.3) is 0 Å². The van der Waals surface area contributed by atoms with Crippen molar-refractivity contribution < 1.29 is 27.8 Å². The fourth-order valence-electron chi connectivity index (χ4n) is 4.57. The van der Waals surface area contributed by atoms with Crippen LogP contribution in [0.2, 0.25) is 0 Å². The van der Waals surface area contributed by atoms with E-state index in [1.54, 1.807) is 42.8 Å². The van der Waals surface area contributed by atoms with Gasteiger partial charge in [0, 0.05) is 28.0 Å². The minimum Gasteiger partial charge on any atom is -0.450 e. The van der Waals surface area contributed by atoms with E-state index in [9.17, 15) is 18.4 Å². The van der Waals surface area contributed by atoms with Gasteiger partial charge in [-0.2, -0.15) is 13.9 Å². The highest BCUT2D eigenvalue weighted by atomic mass is 32.1. The van der Waals surface area contributed by atoms with Gasteiger partial charge in [-0.3, -0.25) is 4.79 Å². The molecule has 0 radical (unpaired) electrons. The molecule has 39 heavy (non-hydrogen) atoms. The molecule has 1 atom stereocenters. The number of benzene rings is 2. The zero-order valence-electron chi connectivity index (χ0n) is 21.6. The number of halogens is 2. The van der Waals surface area contributed by atoms with Crippen molar-refractivity contribution >= 4 is 33.3 Å². The Kier molecular flexibility index (Phi) is 7.05. The van der Waals surface area contributed by atoms with Crippen molar-refractivity contribution in [2.45, 2.75) is 40.4 Å². The van der Waals surface area contributed by atoms with E-state index in [2.05, 4.69) is 9.84 Å². The molecule has 0 aliphatic carbocycles. The molecule has 5 rings (SSSR count). The minimum absolute atomic E-state index is 0.0426. The second kappa shape index (κ2) is 10.5. The van der Waals surface area contributed by atoms with Gasteiger partial charge < -0.3 is 14.0 Å². The lowest BCUT2D eigenvalue weighted by atomic mass is 10.1. The summed E-state index contributed by atoms with van der Waals surface area (Å²) in [5.74, 6) is -0.881. The third-order valence-electron chi connectivity index (χ3n) is 6.42. The van der Waals surface area contributed by atoms with Crippen molar-refractivity contribution in [2.24, 2.45) is 0 Å². The number of hydrogen-bond donors (Lipinski definition) is 0. The normalized spacial score (nSPS) is 12.2. The number of carbonyl (C=O) groups excluding carboxylic acids is 2. The Labute approximate surface area is 227 Å². The highest BCUT2D eigenvalue weighted by Crippen LogP contribution is 2.31. The van der Waals surface area contributed by atoms with Crippen LogP contribution in [-0.4, -0.2) is 38.8 Å². The van der Waals surface area contributed by atoms with Gasteiger partial charge in [-0.25, -0.2) is 9.48 Å². The van der Waals surface area contributed by atoms with Gasteiger partial charge >= 0.3 is 12.6 Å². The third kappa shape index (κ3) is 5.07. The zero-order chi connectivity index (χ0) is 27.8. The lowest BCUT2D eigenvalue weighted by Gasteiger charge is -2.13. The summed E-state index contributed by atoms with van der Waals surface area (Å²) in [7, 11) is 0. The molecule has 5 aromatic rings. The maximum Gasteiger partial charge on any atom is 0.387 e. The van der Waals surface area contributed by atoms with E-state index in [1.807, 2.05) is 48.7 Å². The number of Topliss-reactive ketones (excluding diaryl/α,β-unsaturated/α-hetero) is 1. The van der Waals surface area contributed by atoms with Gasteiger partial charge in [0.15, 0.2) is 6.10 Å². The third-order valence-corrected chi connectivity index (χ3v) is 7.51. The quantitative estimate of drug-likeness (QED) is 0.157.